The van der Waals surface area contributed by atoms with Crippen molar-refractivity contribution < 1.29 is 4.79 Å². The molecule has 1 aromatic carbocycles. The van der Waals surface area contributed by atoms with Crippen LogP contribution < -0.4 is 4.90 Å². The molecule has 0 fully saturated rings. The smallest absolute Gasteiger partial charge is 0.260 e. The van der Waals surface area contributed by atoms with Crippen LogP contribution in [-0.2, 0) is 6.54 Å². The number of rotatable bonds is 1. The topological polar surface area (TPSA) is 46.1 Å². The van der Waals surface area contributed by atoms with Gasteiger partial charge < -0.3 is 0 Å². The second-order valence-electron chi connectivity index (χ2n) is 3.62. The molecular weight excluding hydrogens is 202 g/mol. The minimum Gasteiger partial charge on any atom is -0.288 e. The van der Waals surface area contributed by atoms with Crippen LogP contribution in [-0.4, -0.2) is 15.9 Å². The Kier molecular flexibility index (Phi) is 1.93. The summed E-state index contributed by atoms with van der Waals surface area (Å²) in [6, 6.07) is 9.37. The molecule has 2 heterocycles. The molecule has 0 aliphatic carbocycles. The van der Waals surface area contributed by atoms with Crippen LogP contribution in [0.25, 0.3) is 0 Å². The van der Waals surface area contributed by atoms with Crippen molar-refractivity contribution in [1.82, 2.24) is 9.97 Å². The summed E-state index contributed by atoms with van der Waals surface area (Å²) < 4.78 is 0. The summed E-state index contributed by atoms with van der Waals surface area (Å²) in [5.74, 6) is 0.658. The van der Waals surface area contributed by atoms with E-state index in [1.54, 1.807) is 17.2 Å². The fourth-order valence-electron chi connectivity index (χ4n) is 1.88. The molecule has 0 saturated heterocycles. The molecule has 1 aliphatic heterocycles. The lowest BCUT2D eigenvalue weighted by molar-refractivity contribution is 0.0996. The van der Waals surface area contributed by atoms with Gasteiger partial charge in [-0.1, -0.05) is 18.2 Å². The van der Waals surface area contributed by atoms with E-state index in [2.05, 4.69) is 9.97 Å². The van der Waals surface area contributed by atoms with Gasteiger partial charge >= 0.3 is 0 Å². The number of carbonyl (C=O) groups excluding carboxylic acids is 1. The number of benzene rings is 1. The second-order valence-corrected chi connectivity index (χ2v) is 3.62. The molecule has 16 heavy (non-hydrogen) atoms. The predicted molar refractivity (Wildman–Crippen MR) is 59.0 cm³/mol. The number of carbonyl (C=O) groups is 1. The predicted octanol–water partition coefficient (Wildman–Crippen LogP) is 1.64. The van der Waals surface area contributed by atoms with Crippen molar-refractivity contribution in [2.24, 2.45) is 0 Å². The van der Waals surface area contributed by atoms with Gasteiger partial charge in [0.1, 0.15) is 12.1 Å². The van der Waals surface area contributed by atoms with Crippen LogP contribution in [0.15, 0.2) is 42.9 Å². The molecule has 78 valence electrons. The van der Waals surface area contributed by atoms with E-state index in [4.69, 9.17) is 0 Å². The standard InChI is InChI=1S/C12H9N3O/c16-12-10-4-2-1-3-9(10)7-15(12)11-5-6-13-8-14-11/h1-6,8H,7H2. The first-order chi connectivity index (χ1) is 7.86. The van der Waals surface area contributed by atoms with Crippen molar-refractivity contribution in [3.05, 3.63) is 54.0 Å². The van der Waals surface area contributed by atoms with E-state index in [1.165, 1.54) is 6.33 Å². The molecule has 0 atom stereocenters. The SMILES string of the molecule is O=C1c2ccccc2CN1c1ccncn1. The number of hydrogen-bond donors (Lipinski definition) is 0. The van der Waals surface area contributed by atoms with Crippen molar-refractivity contribution >= 4 is 11.7 Å². The Morgan fingerprint density at radius 1 is 1.19 bits per heavy atom. The quantitative estimate of drug-likeness (QED) is 0.720. The molecule has 3 rings (SSSR count). The van der Waals surface area contributed by atoms with Gasteiger partial charge in [-0.05, 0) is 17.7 Å². The maximum atomic E-state index is 12.1. The maximum Gasteiger partial charge on any atom is 0.260 e. The van der Waals surface area contributed by atoms with Crippen LogP contribution in [0.5, 0.6) is 0 Å². The van der Waals surface area contributed by atoms with Crippen LogP contribution >= 0.6 is 0 Å². The molecule has 2 aromatic rings. The van der Waals surface area contributed by atoms with Gasteiger partial charge in [-0.2, -0.15) is 0 Å². The van der Waals surface area contributed by atoms with Gasteiger partial charge in [0.05, 0.1) is 6.54 Å². The highest BCUT2D eigenvalue weighted by Crippen LogP contribution is 2.25. The summed E-state index contributed by atoms with van der Waals surface area (Å²) in [6.07, 6.45) is 3.09. The van der Waals surface area contributed by atoms with Gasteiger partial charge in [-0.15, -0.1) is 0 Å². The first-order valence-corrected chi connectivity index (χ1v) is 5.02. The first kappa shape index (κ1) is 9.03. The third-order valence-corrected chi connectivity index (χ3v) is 2.66. The van der Waals surface area contributed by atoms with Gasteiger partial charge in [0.2, 0.25) is 0 Å². The molecule has 0 radical (unpaired) electrons. The first-order valence-electron chi connectivity index (χ1n) is 5.02. The molecule has 0 spiro atoms. The van der Waals surface area contributed by atoms with Crippen LogP contribution in [0.1, 0.15) is 15.9 Å². The van der Waals surface area contributed by atoms with Crippen molar-refractivity contribution in [3.63, 3.8) is 0 Å². The van der Waals surface area contributed by atoms with Gasteiger partial charge in [-0.3, -0.25) is 9.69 Å². The van der Waals surface area contributed by atoms with E-state index < -0.39 is 0 Å². The Balaban J connectivity index is 2.02. The minimum absolute atomic E-state index is 0.00861. The van der Waals surface area contributed by atoms with Crippen LogP contribution in [0, 0.1) is 0 Å². The summed E-state index contributed by atoms with van der Waals surface area (Å²) in [7, 11) is 0. The summed E-state index contributed by atoms with van der Waals surface area (Å²) >= 11 is 0. The zero-order valence-electron chi connectivity index (χ0n) is 8.50. The Hall–Kier alpha value is -2.23. The van der Waals surface area contributed by atoms with Crippen molar-refractivity contribution in [3.8, 4) is 0 Å². The highest BCUT2D eigenvalue weighted by molar-refractivity contribution is 6.09. The molecule has 0 bridgehead atoms. The highest BCUT2D eigenvalue weighted by Gasteiger charge is 2.28. The fourth-order valence-corrected chi connectivity index (χ4v) is 1.88. The van der Waals surface area contributed by atoms with Crippen LogP contribution in [0.2, 0.25) is 0 Å². The van der Waals surface area contributed by atoms with Gasteiger partial charge in [0.15, 0.2) is 0 Å². The Morgan fingerprint density at radius 3 is 2.81 bits per heavy atom. The van der Waals surface area contributed by atoms with Crippen LogP contribution in [0.3, 0.4) is 0 Å². The third-order valence-electron chi connectivity index (χ3n) is 2.66. The summed E-state index contributed by atoms with van der Waals surface area (Å²) in [5, 5.41) is 0. The number of amides is 1. The summed E-state index contributed by atoms with van der Waals surface area (Å²) in [5.41, 5.74) is 1.81. The largest absolute Gasteiger partial charge is 0.288 e. The molecule has 0 saturated carbocycles. The molecule has 1 aliphatic rings. The van der Waals surface area contributed by atoms with E-state index in [1.807, 2.05) is 24.3 Å². The molecule has 1 amide bonds. The second kappa shape index (κ2) is 3.41. The van der Waals surface area contributed by atoms with Crippen molar-refractivity contribution in [2.75, 3.05) is 4.90 Å². The zero-order valence-corrected chi connectivity index (χ0v) is 8.50. The lowest BCUT2D eigenvalue weighted by Crippen LogP contribution is -2.23. The molecule has 1 aromatic heterocycles. The summed E-state index contributed by atoms with van der Waals surface area (Å²) in [4.78, 5) is 21.7. The number of anilines is 1. The Morgan fingerprint density at radius 2 is 2.06 bits per heavy atom. The van der Waals surface area contributed by atoms with Crippen LogP contribution in [0.4, 0.5) is 5.82 Å². The third kappa shape index (κ3) is 1.27. The molecular formula is C12H9N3O. The Labute approximate surface area is 92.6 Å². The number of fused-ring (bicyclic) bond motifs is 1. The van der Waals surface area contributed by atoms with E-state index in [0.717, 1.165) is 11.1 Å². The number of aromatic nitrogens is 2. The van der Waals surface area contributed by atoms with E-state index in [9.17, 15) is 4.79 Å². The lowest BCUT2D eigenvalue weighted by Gasteiger charge is -2.13. The molecule has 0 N–H and O–H groups in total. The average molecular weight is 211 g/mol. The van der Waals surface area contributed by atoms with E-state index in [-0.39, 0.29) is 5.91 Å². The fraction of sp³-hybridized carbons (Fsp3) is 0.0833. The molecule has 4 nitrogen and oxygen atoms in total. The highest BCUT2D eigenvalue weighted by atomic mass is 16.2. The summed E-state index contributed by atoms with van der Waals surface area (Å²) in [6.45, 7) is 0.589. The maximum absolute atomic E-state index is 12.1. The normalized spacial score (nSPS) is 14.0. The van der Waals surface area contributed by atoms with Gasteiger partial charge in [0, 0.05) is 11.8 Å². The molecule has 4 heteroatoms. The minimum atomic E-state index is 0.00861. The zero-order chi connectivity index (χ0) is 11.0. The average Bonchev–Trinajstić information content (AvgIpc) is 2.69. The van der Waals surface area contributed by atoms with E-state index >= 15 is 0 Å². The molecule has 0 unspecified atom stereocenters. The Bertz CT molecular complexity index is 539. The monoisotopic (exact) mass is 211 g/mol. The van der Waals surface area contributed by atoms with Crippen molar-refractivity contribution in [1.29, 1.82) is 0 Å². The van der Waals surface area contributed by atoms with Gasteiger partial charge in [-0.25, -0.2) is 9.97 Å². The number of nitrogens with zero attached hydrogens (tertiary/aromatic N) is 3. The number of hydrogen-bond acceptors (Lipinski definition) is 3. The van der Waals surface area contributed by atoms with Crippen molar-refractivity contribution in [2.45, 2.75) is 6.54 Å². The van der Waals surface area contributed by atoms with Gasteiger partial charge in [0.25, 0.3) is 5.91 Å². The lowest BCUT2D eigenvalue weighted by atomic mass is 10.1. The van der Waals surface area contributed by atoms with E-state index in [0.29, 0.717) is 12.4 Å².